The fourth-order valence-corrected chi connectivity index (χ4v) is 13.9. The molecule has 6 heteroatoms. The van der Waals surface area contributed by atoms with Crippen molar-refractivity contribution in [1.82, 2.24) is 9.13 Å². The van der Waals surface area contributed by atoms with Crippen LogP contribution in [0.1, 0.15) is 44.9 Å². The molecule has 1 aliphatic carbocycles. The van der Waals surface area contributed by atoms with Crippen LogP contribution >= 0.6 is 0 Å². The van der Waals surface area contributed by atoms with Gasteiger partial charge in [-0.3, -0.25) is 9.13 Å². The quantitative estimate of drug-likeness (QED) is 0.176. The molecule has 0 fully saturated rings. The Balaban J connectivity index is 1.10. The minimum Gasteiger partial charge on any atom is -0.443 e. The van der Waals surface area contributed by atoms with Gasteiger partial charge in [-0.05, 0) is 95.1 Å². The van der Waals surface area contributed by atoms with Gasteiger partial charge in [0.1, 0.15) is 22.4 Å². The molecule has 356 valence electrons. The first-order chi connectivity index (χ1) is 37.7. The largest absolute Gasteiger partial charge is 0.443 e. The van der Waals surface area contributed by atoms with Gasteiger partial charge in [0.25, 0.3) is 0 Å². The van der Waals surface area contributed by atoms with E-state index in [1.807, 2.05) is 0 Å². The molecule has 0 atom stereocenters. The number of hydrogen-bond acceptors (Lipinski definition) is 4. The van der Waals surface area contributed by atoms with Crippen molar-refractivity contribution in [2.24, 2.45) is 0 Å². The third-order valence-electron chi connectivity index (χ3n) is 16.8. The molecule has 0 unspecified atom stereocenters. The van der Waals surface area contributed by atoms with Crippen LogP contribution in [-0.4, -0.2) is 9.13 Å². The highest BCUT2D eigenvalue weighted by Crippen LogP contribution is 2.69. The van der Waals surface area contributed by atoms with E-state index in [9.17, 15) is 0 Å². The average Bonchev–Trinajstić information content (AvgIpc) is 4.39. The number of rotatable bonds is 4. The lowest BCUT2D eigenvalue weighted by Gasteiger charge is -2.51. The number of benzene rings is 10. The SMILES string of the molecule is c1ccc(N2c3ccccc3C3(c4ccccc42)c2cc(-n4c5ccccc5c5ccccc54)oc2C2(c4ccccc4N(c4ccccc4)c4ccccc42)c2cc(-n4c5ccccc5c5ccccc54)oc23)cc1. The summed E-state index contributed by atoms with van der Waals surface area (Å²) in [5.74, 6) is 3.15. The summed E-state index contributed by atoms with van der Waals surface area (Å²) in [6, 6.07) is 96.9. The van der Waals surface area contributed by atoms with Crippen LogP contribution in [0.5, 0.6) is 0 Å². The van der Waals surface area contributed by atoms with Crippen LogP contribution in [0.4, 0.5) is 34.1 Å². The van der Waals surface area contributed by atoms with Gasteiger partial charge in [-0.25, -0.2) is 0 Å². The summed E-state index contributed by atoms with van der Waals surface area (Å²) in [7, 11) is 0. The molecule has 6 heterocycles. The Labute approximate surface area is 437 Å². The van der Waals surface area contributed by atoms with Crippen molar-refractivity contribution in [3.8, 4) is 11.8 Å². The van der Waals surface area contributed by atoms with Gasteiger partial charge in [0.15, 0.2) is 0 Å². The average molecular weight is 973 g/mol. The molecule has 4 aromatic heterocycles. The molecule has 0 amide bonds. The Morgan fingerprint density at radius 3 is 0.829 bits per heavy atom. The number of aromatic nitrogens is 2. The van der Waals surface area contributed by atoms with E-state index in [1.54, 1.807) is 0 Å². The van der Waals surface area contributed by atoms with E-state index in [0.717, 1.165) is 113 Å². The first kappa shape index (κ1) is 41.4. The van der Waals surface area contributed by atoms with Crippen LogP contribution in [0.15, 0.2) is 276 Å². The Morgan fingerprint density at radius 2 is 0.513 bits per heavy atom. The van der Waals surface area contributed by atoms with Gasteiger partial charge in [-0.2, -0.15) is 0 Å². The van der Waals surface area contributed by atoms with E-state index in [1.165, 1.54) is 21.5 Å². The van der Waals surface area contributed by atoms with Crippen LogP contribution < -0.4 is 9.80 Å². The molecule has 17 rings (SSSR count). The summed E-state index contributed by atoms with van der Waals surface area (Å²) in [5.41, 5.74) is 15.0. The number of nitrogens with zero attached hydrogens (tertiary/aromatic N) is 4. The molecule has 6 nitrogen and oxygen atoms in total. The van der Waals surface area contributed by atoms with Gasteiger partial charge in [-0.1, -0.05) is 182 Å². The zero-order valence-corrected chi connectivity index (χ0v) is 41.0. The first-order valence-electron chi connectivity index (χ1n) is 26.1. The van der Waals surface area contributed by atoms with E-state index >= 15 is 0 Å². The highest BCUT2D eigenvalue weighted by Gasteiger charge is 2.64. The topological polar surface area (TPSA) is 42.6 Å². The molecular formula is C70H44N4O2. The van der Waals surface area contributed by atoms with Gasteiger partial charge in [0.2, 0.25) is 11.8 Å². The number of hydrogen-bond donors (Lipinski definition) is 0. The van der Waals surface area contributed by atoms with Crippen molar-refractivity contribution < 1.29 is 8.83 Å². The fourth-order valence-electron chi connectivity index (χ4n) is 13.9. The summed E-state index contributed by atoms with van der Waals surface area (Å²) < 4.78 is 21.0. The number of furan rings is 2. The smallest absolute Gasteiger partial charge is 0.205 e. The van der Waals surface area contributed by atoms with Crippen LogP contribution in [0.2, 0.25) is 0 Å². The summed E-state index contributed by atoms with van der Waals surface area (Å²) in [4.78, 5) is 4.85. The molecule has 10 aromatic carbocycles. The van der Waals surface area contributed by atoms with E-state index in [0.29, 0.717) is 0 Å². The Kier molecular flexibility index (Phi) is 8.32. The van der Waals surface area contributed by atoms with Crippen molar-refractivity contribution in [3.63, 3.8) is 0 Å². The monoisotopic (exact) mass is 972 g/mol. The van der Waals surface area contributed by atoms with Crippen LogP contribution in [0.3, 0.4) is 0 Å². The second-order valence-corrected chi connectivity index (χ2v) is 20.3. The summed E-state index contributed by atoms with van der Waals surface area (Å²) >= 11 is 0. The minimum absolute atomic E-state index is 0.731. The maximum atomic E-state index is 8.16. The Hall–Kier alpha value is -10.0. The molecule has 14 aromatic rings. The summed E-state index contributed by atoms with van der Waals surface area (Å²) in [5, 5.41) is 4.66. The predicted octanol–water partition coefficient (Wildman–Crippen LogP) is 17.7. The van der Waals surface area contributed by atoms with Gasteiger partial charge >= 0.3 is 0 Å². The van der Waals surface area contributed by atoms with E-state index in [2.05, 4.69) is 286 Å². The molecule has 3 aliphatic rings. The Morgan fingerprint density at radius 1 is 0.250 bits per heavy atom. The lowest BCUT2D eigenvalue weighted by molar-refractivity contribution is 0.388. The normalized spacial score (nSPS) is 14.5. The molecule has 76 heavy (non-hydrogen) atoms. The highest BCUT2D eigenvalue weighted by atomic mass is 16.4. The predicted molar refractivity (Wildman–Crippen MR) is 306 cm³/mol. The molecule has 2 spiro atoms. The number of fused-ring (bicyclic) bond motifs is 20. The maximum absolute atomic E-state index is 8.16. The second-order valence-electron chi connectivity index (χ2n) is 20.3. The van der Waals surface area contributed by atoms with Gasteiger partial charge in [-0.15, -0.1) is 0 Å². The van der Waals surface area contributed by atoms with E-state index < -0.39 is 10.8 Å². The van der Waals surface area contributed by atoms with Crippen molar-refractivity contribution in [2.45, 2.75) is 10.8 Å². The van der Waals surface area contributed by atoms with Gasteiger partial charge in [0.05, 0.1) is 44.8 Å². The van der Waals surface area contributed by atoms with Gasteiger partial charge < -0.3 is 18.6 Å². The van der Waals surface area contributed by atoms with Gasteiger partial charge in [0, 0.05) is 56.2 Å². The fraction of sp³-hybridized carbons (Fsp3) is 0.0286. The Bertz CT molecular complexity index is 4140. The maximum Gasteiger partial charge on any atom is 0.205 e. The molecule has 2 aliphatic heterocycles. The molecule has 0 saturated carbocycles. The minimum atomic E-state index is -1.06. The van der Waals surface area contributed by atoms with E-state index in [-0.39, 0.29) is 0 Å². The van der Waals surface area contributed by atoms with E-state index in [4.69, 9.17) is 8.83 Å². The van der Waals surface area contributed by atoms with Crippen LogP contribution in [-0.2, 0) is 10.8 Å². The van der Waals surface area contributed by atoms with Crippen LogP contribution in [0.25, 0.3) is 55.4 Å². The van der Waals surface area contributed by atoms with Crippen molar-refractivity contribution in [3.05, 3.63) is 312 Å². The van der Waals surface area contributed by atoms with Crippen molar-refractivity contribution in [1.29, 1.82) is 0 Å². The molecule has 0 radical (unpaired) electrons. The highest BCUT2D eigenvalue weighted by molar-refractivity contribution is 6.10. The standard InChI is InChI=1S/C70H44N4O2/c1-3-23-45(24-4-1)71-61-39-19-11-31-51(61)69(52-32-12-20-40-62(52)71)55-43-65(73-57-35-15-7-27-47(57)48-28-8-16-36-58(48)73)76-68(55)70(53-33-13-21-41-63(53)72(46-25-5-2-6-26-46)64-42-22-14-34-54(64)70)56-44-66(75-67(56)69)74-59-37-17-9-29-49(59)50-30-10-18-38-60(50)74/h1-44H. The summed E-state index contributed by atoms with van der Waals surface area (Å²) in [6.45, 7) is 0. The number of anilines is 6. The van der Waals surface area contributed by atoms with Crippen molar-refractivity contribution in [2.75, 3.05) is 9.80 Å². The van der Waals surface area contributed by atoms with Crippen molar-refractivity contribution >= 4 is 77.7 Å². The second kappa shape index (κ2) is 15.3. The van der Waals surface area contributed by atoms with Crippen LogP contribution in [0, 0.1) is 0 Å². The third kappa shape index (κ3) is 5.15. The molecule has 0 N–H and O–H groups in total. The third-order valence-corrected chi connectivity index (χ3v) is 16.8. The lowest BCUT2D eigenvalue weighted by atomic mass is 9.53. The lowest BCUT2D eigenvalue weighted by Crippen LogP contribution is -2.48. The molecule has 0 saturated heterocycles. The molecule has 0 bridgehead atoms. The molecular weight excluding hydrogens is 929 g/mol. The zero-order valence-electron chi connectivity index (χ0n) is 41.0. The zero-order chi connectivity index (χ0) is 49.7. The number of para-hydroxylation sites is 10. The summed E-state index contributed by atoms with van der Waals surface area (Å²) in [6.07, 6.45) is 0. The first-order valence-corrected chi connectivity index (χ1v) is 26.1.